The number of likely N-dealkylation sites (tertiary alicyclic amines) is 2. The Balaban J connectivity index is 1.31. The van der Waals surface area contributed by atoms with Gasteiger partial charge in [-0.2, -0.15) is 0 Å². The molecule has 2 saturated heterocycles. The summed E-state index contributed by atoms with van der Waals surface area (Å²) in [6.07, 6.45) is 3.47. The lowest BCUT2D eigenvalue weighted by Gasteiger charge is -2.25. The van der Waals surface area contributed by atoms with Gasteiger partial charge in [-0.15, -0.1) is 0 Å². The molecule has 0 aliphatic carbocycles. The zero-order valence-electron chi connectivity index (χ0n) is 15.6. The van der Waals surface area contributed by atoms with Crippen LogP contribution in [-0.4, -0.2) is 62.0 Å². The first-order chi connectivity index (χ1) is 13.6. The monoisotopic (exact) mass is 377 g/mol. The van der Waals surface area contributed by atoms with E-state index in [1.165, 1.54) is 0 Å². The van der Waals surface area contributed by atoms with E-state index in [4.69, 9.17) is 4.98 Å². The summed E-state index contributed by atoms with van der Waals surface area (Å²) >= 11 is 0. The number of aromatic amines is 1. The van der Waals surface area contributed by atoms with Crippen molar-refractivity contribution in [2.75, 3.05) is 26.2 Å². The Bertz CT molecular complexity index is 1000. The molecular weight excluding hydrogens is 354 g/mol. The van der Waals surface area contributed by atoms with E-state index in [2.05, 4.69) is 38.0 Å². The average molecular weight is 377 g/mol. The molecule has 7 heteroatoms. The minimum atomic E-state index is -0.698. The van der Waals surface area contributed by atoms with Gasteiger partial charge in [0.1, 0.15) is 0 Å². The molecule has 0 amide bonds. The Morgan fingerprint density at radius 3 is 2.64 bits per heavy atom. The molecule has 2 atom stereocenters. The lowest BCUT2D eigenvalue weighted by molar-refractivity contribution is -0.149. The standard InChI is InChI=1S/C21H23N5O2/c27-20(28)21-12-25(10-17-6-5-15-3-1-2-4-19(15)24-17)8-16(21)9-26(13-21)11-18-7-22-14-23-18/h1-7,14,16H,8-13H2,(H,22,23)(H,27,28)/t16-,21-/m0/s1. The predicted octanol–water partition coefficient (Wildman–Crippen LogP) is 1.98. The van der Waals surface area contributed by atoms with Crippen molar-refractivity contribution in [1.29, 1.82) is 0 Å². The van der Waals surface area contributed by atoms with E-state index >= 15 is 0 Å². The van der Waals surface area contributed by atoms with E-state index in [0.717, 1.165) is 41.9 Å². The number of para-hydroxylation sites is 1. The van der Waals surface area contributed by atoms with Gasteiger partial charge in [0.05, 0.1) is 23.0 Å². The van der Waals surface area contributed by atoms with E-state index in [-0.39, 0.29) is 5.92 Å². The zero-order valence-corrected chi connectivity index (χ0v) is 15.6. The topological polar surface area (TPSA) is 85.3 Å². The fourth-order valence-electron chi connectivity index (χ4n) is 4.85. The summed E-state index contributed by atoms with van der Waals surface area (Å²) in [7, 11) is 0. The van der Waals surface area contributed by atoms with Gasteiger partial charge in [0, 0.05) is 62.5 Å². The maximum Gasteiger partial charge on any atom is 0.312 e. The van der Waals surface area contributed by atoms with Gasteiger partial charge in [0.15, 0.2) is 0 Å². The lowest BCUT2D eigenvalue weighted by Crippen LogP contribution is -2.40. The van der Waals surface area contributed by atoms with Crippen LogP contribution in [0.3, 0.4) is 0 Å². The van der Waals surface area contributed by atoms with Crippen molar-refractivity contribution in [2.45, 2.75) is 13.1 Å². The van der Waals surface area contributed by atoms with E-state index in [1.54, 1.807) is 12.5 Å². The first-order valence-electron chi connectivity index (χ1n) is 9.62. The van der Waals surface area contributed by atoms with Crippen molar-refractivity contribution in [3.63, 3.8) is 0 Å². The Morgan fingerprint density at radius 2 is 1.93 bits per heavy atom. The molecule has 0 radical (unpaired) electrons. The number of fused-ring (bicyclic) bond motifs is 2. The van der Waals surface area contributed by atoms with Crippen molar-refractivity contribution >= 4 is 16.9 Å². The summed E-state index contributed by atoms with van der Waals surface area (Å²) in [5.41, 5.74) is 2.31. The van der Waals surface area contributed by atoms with Crippen molar-refractivity contribution in [2.24, 2.45) is 11.3 Å². The Morgan fingerprint density at radius 1 is 1.14 bits per heavy atom. The van der Waals surface area contributed by atoms with E-state index in [0.29, 0.717) is 19.6 Å². The van der Waals surface area contributed by atoms with Gasteiger partial charge in [0.2, 0.25) is 0 Å². The zero-order chi connectivity index (χ0) is 19.1. The number of carboxylic acid groups (broad SMARTS) is 1. The molecule has 2 aliphatic heterocycles. The van der Waals surface area contributed by atoms with Crippen molar-refractivity contribution < 1.29 is 9.90 Å². The van der Waals surface area contributed by atoms with Crippen LogP contribution in [0.15, 0.2) is 48.9 Å². The van der Waals surface area contributed by atoms with E-state index < -0.39 is 11.4 Å². The molecule has 28 heavy (non-hydrogen) atoms. The number of benzene rings is 1. The second-order valence-corrected chi connectivity index (χ2v) is 8.07. The smallest absolute Gasteiger partial charge is 0.312 e. The third kappa shape index (κ3) is 2.96. The van der Waals surface area contributed by atoms with Crippen LogP contribution < -0.4 is 0 Å². The number of aliphatic carboxylic acids is 1. The number of nitrogens with one attached hydrogen (secondary N) is 1. The van der Waals surface area contributed by atoms with E-state index in [1.807, 2.05) is 18.2 Å². The van der Waals surface area contributed by atoms with Gasteiger partial charge >= 0.3 is 5.97 Å². The summed E-state index contributed by atoms with van der Waals surface area (Å²) in [5, 5.41) is 11.2. The number of aromatic nitrogens is 3. The van der Waals surface area contributed by atoms with Gasteiger partial charge in [-0.3, -0.25) is 19.6 Å². The molecule has 144 valence electrons. The highest BCUT2D eigenvalue weighted by molar-refractivity contribution is 5.78. The number of hydrogen-bond donors (Lipinski definition) is 2. The molecule has 4 heterocycles. The summed E-state index contributed by atoms with van der Waals surface area (Å²) in [6.45, 7) is 4.15. The molecule has 7 nitrogen and oxygen atoms in total. The fourth-order valence-corrected chi connectivity index (χ4v) is 4.85. The highest BCUT2D eigenvalue weighted by Crippen LogP contribution is 2.43. The van der Waals surface area contributed by atoms with Crippen LogP contribution in [-0.2, 0) is 17.9 Å². The number of imidazole rings is 1. The van der Waals surface area contributed by atoms with Crippen LogP contribution >= 0.6 is 0 Å². The third-order valence-electron chi connectivity index (χ3n) is 6.17. The number of carbonyl (C=O) groups is 1. The van der Waals surface area contributed by atoms with Crippen molar-refractivity contribution in [1.82, 2.24) is 24.8 Å². The van der Waals surface area contributed by atoms with Crippen LogP contribution in [0.2, 0.25) is 0 Å². The SMILES string of the molecule is O=C(O)[C@]12CN(Cc3ccc4ccccc4n3)C[C@H]1CN(Cc1cnc[nH]1)C2. The number of pyridine rings is 1. The molecule has 0 saturated carbocycles. The Hall–Kier alpha value is -2.77. The van der Waals surface area contributed by atoms with Crippen LogP contribution in [0, 0.1) is 11.3 Å². The first-order valence-corrected chi connectivity index (χ1v) is 9.62. The number of nitrogens with zero attached hydrogens (tertiary/aromatic N) is 4. The molecule has 0 spiro atoms. The Kier molecular flexibility index (Phi) is 4.14. The number of rotatable bonds is 5. The second kappa shape index (κ2) is 6.68. The maximum absolute atomic E-state index is 12.2. The van der Waals surface area contributed by atoms with Gasteiger partial charge in [-0.1, -0.05) is 24.3 Å². The second-order valence-electron chi connectivity index (χ2n) is 8.07. The van der Waals surface area contributed by atoms with Crippen molar-refractivity contribution in [3.05, 3.63) is 60.3 Å². The number of hydrogen-bond acceptors (Lipinski definition) is 5. The molecule has 2 aromatic heterocycles. The summed E-state index contributed by atoms with van der Waals surface area (Å²) in [4.78, 5) is 28.6. The lowest BCUT2D eigenvalue weighted by atomic mass is 9.81. The molecule has 2 N–H and O–H groups in total. The number of carboxylic acids is 1. The molecule has 0 unspecified atom stereocenters. The summed E-state index contributed by atoms with van der Waals surface area (Å²) in [5.74, 6) is -0.549. The first kappa shape index (κ1) is 17.3. The molecular formula is C21H23N5O2. The molecule has 1 aromatic carbocycles. The molecule has 2 aliphatic rings. The largest absolute Gasteiger partial charge is 0.481 e. The molecule has 2 fully saturated rings. The third-order valence-corrected chi connectivity index (χ3v) is 6.17. The van der Waals surface area contributed by atoms with Crippen LogP contribution in [0.4, 0.5) is 0 Å². The van der Waals surface area contributed by atoms with Crippen LogP contribution in [0.1, 0.15) is 11.4 Å². The van der Waals surface area contributed by atoms with E-state index in [9.17, 15) is 9.90 Å². The molecule has 0 bridgehead atoms. The Labute approximate surface area is 163 Å². The average Bonchev–Trinajstić information content (AvgIpc) is 3.37. The van der Waals surface area contributed by atoms with Gasteiger partial charge < -0.3 is 10.1 Å². The van der Waals surface area contributed by atoms with Crippen molar-refractivity contribution in [3.8, 4) is 0 Å². The minimum Gasteiger partial charge on any atom is -0.481 e. The van der Waals surface area contributed by atoms with Gasteiger partial charge in [-0.05, 0) is 12.1 Å². The van der Waals surface area contributed by atoms with Crippen LogP contribution in [0.5, 0.6) is 0 Å². The molecule has 5 rings (SSSR count). The summed E-state index contributed by atoms with van der Waals surface area (Å²) in [6, 6.07) is 12.2. The van der Waals surface area contributed by atoms with Gasteiger partial charge in [-0.25, -0.2) is 4.98 Å². The highest BCUT2D eigenvalue weighted by atomic mass is 16.4. The highest BCUT2D eigenvalue weighted by Gasteiger charge is 2.57. The van der Waals surface area contributed by atoms with Gasteiger partial charge in [0.25, 0.3) is 0 Å². The number of H-pyrrole nitrogens is 1. The maximum atomic E-state index is 12.2. The minimum absolute atomic E-state index is 0.133. The normalized spacial score (nSPS) is 25.4. The molecule has 3 aromatic rings. The fraction of sp³-hybridized carbons (Fsp3) is 0.381. The quantitative estimate of drug-likeness (QED) is 0.707. The predicted molar refractivity (Wildman–Crippen MR) is 104 cm³/mol. The van der Waals surface area contributed by atoms with Crippen LogP contribution in [0.25, 0.3) is 10.9 Å². The summed E-state index contributed by atoms with van der Waals surface area (Å²) < 4.78 is 0.